The van der Waals surface area contributed by atoms with Crippen molar-refractivity contribution in [1.82, 2.24) is 0 Å². The number of anilines is 1. The van der Waals surface area contributed by atoms with Gasteiger partial charge in [-0.15, -0.1) is 0 Å². The van der Waals surface area contributed by atoms with Gasteiger partial charge in [-0.3, -0.25) is 4.79 Å². The quantitative estimate of drug-likeness (QED) is 0.790. The van der Waals surface area contributed by atoms with E-state index in [1.54, 1.807) is 0 Å². The van der Waals surface area contributed by atoms with Gasteiger partial charge in [-0.1, -0.05) is 30.3 Å². The predicted octanol–water partition coefficient (Wildman–Crippen LogP) is 4.44. The summed E-state index contributed by atoms with van der Waals surface area (Å²) in [7, 11) is 4.31. The number of quaternary nitrogens is 1. The van der Waals surface area contributed by atoms with Crippen molar-refractivity contribution in [2.24, 2.45) is 0 Å². The highest BCUT2D eigenvalue weighted by Gasteiger charge is 2.33. The average Bonchev–Trinajstić information content (AvgIpc) is 3.13. The summed E-state index contributed by atoms with van der Waals surface area (Å²) >= 11 is 0. The number of likely N-dealkylation sites (N-methyl/N-ethyl adjacent to an activating group) is 1. The fourth-order valence-corrected chi connectivity index (χ4v) is 3.57. The standard InChI is InChI=1S/C21H26N2O2/c1-23(2,17-10-6-7-11-17)16-21(24)22-19-14-8-9-15-20(19)25-18-12-4-3-5-13-18/h3-5,8-9,12-15,17H,6-7,10-11,16H2,1-2H3/p+1. The number of nitrogens with zero attached hydrogens (tertiary/aromatic N) is 1. The van der Waals surface area contributed by atoms with Crippen molar-refractivity contribution in [3.63, 3.8) is 0 Å². The molecule has 1 N–H and O–H groups in total. The summed E-state index contributed by atoms with van der Waals surface area (Å²) in [4.78, 5) is 12.6. The van der Waals surface area contributed by atoms with Crippen molar-refractivity contribution in [3.8, 4) is 11.5 Å². The molecular formula is C21H27N2O2+. The fourth-order valence-electron chi connectivity index (χ4n) is 3.57. The number of amides is 1. The Labute approximate surface area is 150 Å². The van der Waals surface area contributed by atoms with E-state index in [9.17, 15) is 4.79 Å². The largest absolute Gasteiger partial charge is 0.455 e. The molecule has 1 fully saturated rings. The number of rotatable bonds is 6. The van der Waals surface area contributed by atoms with E-state index >= 15 is 0 Å². The Balaban J connectivity index is 1.67. The summed E-state index contributed by atoms with van der Waals surface area (Å²) in [5.41, 5.74) is 0.711. The second kappa shape index (κ2) is 7.70. The number of carbonyl (C=O) groups is 1. The molecule has 2 aromatic rings. The molecule has 25 heavy (non-hydrogen) atoms. The number of carbonyl (C=O) groups excluding carboxylic acids is 1. The predicted molar refractivity (Wildman–Crippen MR) is 101 cm³/mol. The highest BCUT2D eigenvalue weighted by Crippen LogP contribution is 2.30. The van der Waals surface area contributed by atoms with E-state index in [-0.39, 0.29) is 5.91 Å². The van der Waals surface area contributed by atoms with Crippen molar-refractivity contribution in [2.75, 3.05) is 26.0 Å². The molecule has 3 rings (SSSR count). The van der Waals surface area contributed by atoms with Crippen molar-refractivity contribution in [3.05, 3.63) is 54.6 Å². The number of hydrogen-bond acceptors (Lipinski definition) is 2. The third-order valence-electron chi connectivity index (χ3n) is 5.00. The van der Waals surface area contributed by atoms with Gasteiger partial charge < -0.3 is 14.5 Å². The van der Waals surface area contributed by atoms with Crippen LogP contribution in [0.2, 0.25) is 0 Å². The van der Waals surface area contributed by atoms with Gasteiger partial charge in [0.1, 0.15) is 5.75 Å². The van der Waals surface area contributed by atoms with Gasteiger partial charge in [0.2, 0.25) is 0 Å². The Morgan fingerprint density at radius 1 is 1.04 bits per heavy atom. The topological polar surface area (TPSA) is 38.3 Å². The monoisotopic (exact) mass is 339 g/mol. The molecule has 4 heteroatoms. The summed E-state index contributed by atoms with van der Waals surface area (Å²) < 4.78 is 6.66. The second-order valence-electron chi connectivity index (χ2n) is 7.33. The first-order valence-corrected chi connectivity index (χ1v) is 8.99. The van der Waals surface area contributed by atoms with Crippen LogP contribution in [-0.2, 0) is 4.79 Å². The Kier molecular flexibility index (Phi) is 5.39. The second-order valence-corrected chi connectivity index (χ2v) is 7.33. The molecule has 1 aliphatic rings. The molecule has 0 atom stereocenters. The highest BCUT2D eigenvalue weighted by molar-refractivity contribution is 5.93. The van der Waals surface area contributed by atoms with Gasteiger partial charge in [0.15, 0.2) is 12.3 Å². The van der Waals surface area contributed by atoms with Gasteiger partial charge in [-0.2, -0.15) is 0 Å². The molecule has 132 valence electrons. The van der Waals surface area contributed by atoms with Crippen LogP contribution < -0.4 is 10.1 Å². The Bertz CT molecular complexity index is 707. The number of hydrogen-bond donors (Lipinski definition) is 1. The van der Waals surface area contributed by atoms with Gasteiger partial charge >= 0.3 is 0 Å². The maximum Gasteiger partial charge on any atom is 0.279 e. The first-order chi connectivity index (χ1) is 12.0. The lowest BCUT2D eigenvalue weighted by Gasteiger charge is -2.35. The molecule has 0 unspecified atom stereocenters. The molecule has 0 heterocycles. The fraction of sp³-hybridized carbons (Fsp3) is 0.381. The SMILES string of the molecule is C[N+](C)(CC(=O)Nc1ccccc1Oc1ccccc1)C1CCCC1. The van der Waals surface area contributed by atoms with E-state index in [0.29, 0.717) is 24.0 Å². The lowest BCUT2D eigenvalue weighted by Crippen LogP contribution is -2.51. The summed E-state index contributed by atoms with van der Waals surface area (Å²) in [6.45, 7) is 0.477. The van der Waals surface area contributed by atoms with Crippen molar-refractivity contribution in [2.45, 2.75) is 31.7 Å². The maximum absolute atomic E-state index is 12.6. The smallest absolute Gasteiger partial charge is 0.279 e. The lowest BCUT2D eigenvalue weighted by atomic mass is 10.2. The van der Waals surface area contributed by atoms with Gasteiger partial charge in [0.05, 0.1) is 25.8 Å². The van der Waals surface area contributed by atoms with E-state index in [4.69, 9.17) is 4.74 Å². The van der Waals surface area contributed by atoms with Crippen LogP contribution in [0.3, 0.4) is 0 Å². The van der Waals surface area contributed by atoms with Crippen LogP contribution in [0, 0.1) is 0 Å². The van der Waals surface area contributed by atoms with Crippen LogP contribution in [-0.4, -0.2) is 37.1 Å². The van der Waals surface area contributed by atoms with Gasteiger partial charge in [0, 0.05) is 0 Å². The van der Waals surface area contributed by atoms with Gasteiger partial charge in [-0.25, -0.2) is 0 Å². The third-order valence-corrected chi connectivity index (χ3v) is 5.00. The van der Waals surface area contributed by atoms with Gasteiger partial charge in [-0.05, 0) is 49.9 Å². The molecule has 1 saturated carbocycles. The van der Waals surface area contributed by atoms with Crippen LogP contribution in [0.1, 0.15) is 25.7 Å². The molecule has 0 saturated heterocycles. The van der Waals surface area contributed by atoms with E-state index in [1.807, 2.05) is 54.6 Å². The zero-order valence-corrected chi connectivity index (χ0v) is 15.1. The molecule has 1 amide bonds. The molecule has 0 aliphatic heterocycles. The molecule has 4 nitrogen and oxygen atoms in total. The minimum Gasteiger partial charge on any atom is -0.455 e. The average molecular weight is 339 g/mol. The molecule has 0 bridgehead atoms. The molecule has 0 spiro atoms. The normalized spacial score (nSPS) is 15.1. The van der Waals surface area contributed by atoms with E-state index in [2.05, 4.69) is 19.4 Å². The van der Waals surface area contributed by atoms with Crippen LogP contribution in [0.4, 0.5) is 5.69 Å². The first-order valence-electron chi connectivity index (χ1n) is 8.99. The molecule has 0 aromatic heterocycles. The van der Waals surface area contributed by atoms with E-state index < -0.39 is 0 Å². The Morgan fingerprint density at radius 2 is 1.68 bits per heavy atom. The maximum atomic E-state index is 12.6. The Hall–Kier alpha value is -2.33. The summed E-state index contributed by atoms with van der Waals surface area (Å²) in [6, 6.07) is 17.8. The Morgan fingerprint density at radius 3 is 2.40 bits per heavy atom. The summed E-state index contributed by atoms with van der Waals surface area (Å²) in [6.07, 6.45) is 4.99. The first kappa shape index (κ1) is 17.5. The molecule has 2 aromatic carbocycles. The highest BCUT2D eigenvalue weighted by atomic mass is 16.5. The van der Waals surface area contributed by atoms with Crippen molar-refractivity contribution < 1.29 is 14.0 Å². The third kappa shape index (κ3) is 4.60. The van der Waals surface area contributed by atoms with Crippen molar-refractivity contribution in [1.29, 1.82) is 0 Å². The number of benzene rings is 2. The summed E-state index contributed by atoms with van der Waals surface area (Å²) in [5.74, 6) is 1.44. The molecular weight excluding hydrogens is 312 g/mol. The zero-order valence-electron chi connectivity index (χ0n) is 15.1. The van der Waals surface area contributed by atoms with Crippen LogP contribution in [0.5, 0.6) is 11.5 Å². The van der Waals surface area contributed by atoms with Crippen LogP contribution >= 0.6 is 0 Å². The van der Waals surface area contributed by atoms with Crippen LogP contribution in [0.15, 0.2) is 54.6 Å². The van der Waals surface area contributed by atoms with Crippen LogP contribution in [0.25, 0.3) is 0 Å². The molecule has 0 radical (unpaired) electrons. The number of para-hydroxylation sites is 3. The number of nitrogens with one attached hydrogen (secondary N) is 1. The zero-order chi connectivity index (χ0) is 17.7. The summed E-state index contributed by atoms with van der Waals surface area (Å²) in [5, 5.41) is 3.03. The lowest BCUT2D eigenvalue weighted by molar-refractivity contribution is -0.906. The molecule has 1 aliphatic carbocycles. The minimum atomic E-state index is 0.0287. The van der Waals surface area contributed by atoms with Crippen molar-refractivity contribution >= 4 is 11.6 Å². The van der Waals surface area contributed by atoms with Gasteiger partial charge in [0.25, 0.3) is 5.91 Å². The number of ether oxygens (including phenoxy) is 1. The van der Waals surface area contributed by atoms with E-state index in [0.717, 1.165) is 10.2 Å². The minimum absolute atomic E-state index is 0.0287. The van der Waals surface area contributed by atoms with E-state index in [1.165, 1.54) is 25.7 Å².